The second kappa shape index (κ2) is 3.63. The van der Waals surface area contributed by atoms with Crippen LogP contribution in [0.2, 0.25) is 0 Å². The first kappa shape index (κ1) is 8.96. The minimum atomic E-state index is 0.0732. The zero-order valence-electron chi connectivity index (χ0n) is 7.19. The highest BCUT2D eigenvalue weighted by atomic mass is 32.2. The molecule has 2 rings (SSSR count). The molecule has 0 N–H and O–H groups in total. The van der Waals surface area contributed by atoms with Gasteiger partial charge in [-0.1, -0.05) is 0 Å². The fourth-order valence-corrected chi connectivity index (χ4v) is 2.31. The van der Waals surface area contributed by atoms with E-state index in [4.69, 9.17) is 0 Å². The molecule has 2 heterocycles. The van der Waals surface area contributed by atoms with Crippen LogP contribution in [-0.4, -0.2) is 32.6 Å². The molecule has 13 heavy (non-hydrogen) atoms. The van der Waals surface area contributed by atoms with E-state index in [2.05, 4.69) is 9.36 Å². The first-order valence-corrected chi connectivity index (χ1v) is 5.62. The lowest BCUT2D eigenvalue weighted by Gasteiger charge is -2.29. The molecule has 1 aromatic rings. The van der Waals surface area contributed by atoms with E-state index in [1.54, 1.807) is 4.90 Å². The third kappa shape index (κ3) is 2.00. The Labute approximate surface area is 84.5 Å². The lowest BCUT2D eigenvalue weighted by Crippen LogP contribution is -2.39. The van der Waals surface area contributed by atoms with Gasteiger partial charge in [-0.3, -0.25) is 4.79 Å². The number of carbonyl (C=O) groups is 1. The molecule has 0 aliphatic carbocycles. The van der Waals surface area contributed by atoms with Gasteiger partial charge in [0.2, 0.25) is 5.16 Å². The summed E-state index contributed by atoms with van der Waals surface area (Å²) in [6.45, 7) is 3.65. The van der Waals surface area contributed by atoms with Crippen LogP contribution < -0.4 is 0 Å². The number of thioether (sulfide) groups is 1. The van der Waals surface area contributed by atoms with Gasteiger partial charge in [-0.2, -0.15) is 4.37 Å². The summed E-state index contributed by atoms with van der Waals surface area (Å²) in [5.41, 5.74) is 0. The summed E-state index contributed by atoms with van der Waals surface area (Å²) in [6, 6.07) is 0. The third-order valence-electron chi connectivity index (χ3n) is 1.80. The Morgan fingerprint density at radius 3 is 2.85 bits per heavy atom. The number of rotatable bonds is 1. The summed E-state index contributed by atoms with van der Waals surface area (Å²) in [7, 11) is 0. The smallest absolute Gasteiger partial charge is 0.289 e. The van der Waals surface area contributed by atoms with Crippen molar-refractivity contribution in [2.75, 3.05) is 13.1 Å². The quantitative estimate of drug-likeness (QED) is 0.670. The lowest BCUT2D eigenvalue weighted by molar-refractivity contribution is 0.192. The van der Waals surface area contributed by atoms with Crippen molar-refractivity contribution in [2.45, 2.75) is 18.5 Å². The average molecular weight is 215 g/mol. The van der Waals surface area contributed by atoms with Gasteiger partial charge in [-0.15, -0.1) is 0 Å². The maximum Gasteiger partial charge on any atom is 0.289 e. The largest absolute Gasteiger partial charge is 0.333 e. The Bertz CT molecular complexity index is 321. The summed E-state index contributed by atoms with van der Waals surface area (Å²) in [5, 5.41) is 1.56. The summed E-state index contributed by atoms with van der Waals surface area (Å²) >= 11 is 2.45. The molecule has 0 spiro atoms. The summed E-state index contributed by atoms with van der Waals surface area (Å²) in [6.07, 6.45) is 1.12. The van der Waals surface area contributed by atoms with E-state index >= 15 is 0 Å². The predicted molar refractivity (Wildman–Crippen MR) is 52.1 cm³/mol. The van der Waals surface area contributed by atoms with E-state index in [1.165, 1.54) is 11.5 Å². The Hall–Kier alpha value is -0.620. The zero-order chi connectivity index (χ0) is 9.26. The van der Waals surface area contributed by atoms with E-state index in [-0.39, 0.29) is 5.24 Å². The van der Waals surface area contributed by atoms with Crippen molar-refractivity contribution in [1.29, 1.82) is 0 Å². The number of aryl methyl sites for hydroxylation is 1. The van der Waals surface area contributed by atoms with Gasteiger partial charge in [0, 0.05) is 24.9 Å². The highest BCUT2D eigenvalue weighted by Crippen LogP contribution is 2.22. The van der Waals surface area contributed by atoms with Crippen molar-refractivity contribution >= 4 is 28.5 Å². The maximum absolute atomic E-state index is 11.4. The zero-order valence-corrected chi connectivity index (χ0v) is 8.82. The van der Waals surface area contributed by atoms with Crippen molar-refractivity contribution in [3.8, 4) is 0 Å². The second-order valence-corrected chi connectivity index (χ2v) is 4.68. The number of hydrogen-bond donors (Lipinski definition) is 0. The fourth-order valence-electron chi connectivity index (χ4n) is 0.964. The first-order chi connectivity index (χ1) is 6.25. The number of carbonyl (C=O) groups excluding carboxylic acids is 1. The molecule has 1 aromatic heterocycles. The third-order valence-corrected chi connectivity index (χ3v) is 3.34. The Kier molecular flexibility index (Phi) is 2.50. The summed E-state index contributed by atoms with van der Waals surface area (Å²) in [5.74, 6) is 0. The average Bonchev–Trinajstić information content (AvgIpc) is 2.31. The number of hydrogen-bond acceptors (Lipinski definition) is 5. The first-order valence-electron chi connectivity index (χ1n) is 4.03. The van der Waals surface area contributed by atoms with Crippen LogP contribution in [0, 0.1) is 6.92 Å². The molecule has 1 amide bonds. The predicted octanol–water partition coefficient (Wildman–Crippen LogP) is 1.76. The van der Waals surface area contributed by atoms with Crippen molar-refractivity contribution in [3.63, 3.8) is 0 Å². The fraction of sp³-hybridized carbons (Fsp3) is 0.571. The van der Waals surface area contributed by atoms with Gasteiger partial charge >= 0.3 is 0 Å². The molecule has 0 radical (unpaired) electrons. The summed E-state index contributed by atoms with van der Waals surface area (Å²) in [4.78, 5) is 17.3. The summed E-state index contributed by atoms with van der Waals surface area (Å²) < 4.78 is 4.04. The Morgan fingerprint density at radius 1 is 1.62 bits per heavy atom. The second-order valence-electron chi connectivity index (χ2n) is 2.80. The monoisotopic (exact) mass is 215 g/mol. The molecule has 6 heteroatoms. The van der Waals surface area contributed by atoms with Gasteiger partial charge in [-0.05, 0) is 24.9 Å². The van der Waals surface area contributed by atoms with Crippen LogP contribution >= 0.6 is 23.3 Å². The molecule has 1 aliphatic heterocycles. The Balaban J connectivity index is 1.93. The molecule has 0 unspecified atom stereocenters. The number of likely N-dealkylation sites (tertiary alicyclic amines) is 1. The van der Waals surface area contributed by atoms with Crippen molar-refractivity contribution in [3.05, 3.63) is 5.01 Å². The molecular weight excluding hydrogens is 206 g/mol. The van der Waals surface area contributed by atoms with Gasteiger partial charge in [0.1, 0.15) is 5.01 Å². The SMILES string of the molecule is Cc1nc(SC(=O)N2CCC2)ns1. The van der Waals surface area contributed by atoms with Gasteiger partial charge in [0.05, 0.1) is 0 Å². The molecular formula is C7H9N3OS2. The molecule has 0 saturated carbocycles. The minimum Gasteiger partial charge on any atom is -0.333 e. The highest BCUT2D eigenvalue weighted by molar-refractivity contribution is 8.13. The van der Waals surface area contributed by atoms with Crippen LogP contribution in [0.4, 0.5) is 4.79 Å². The molecule has 70 valence electrons. The van der Waals surface area contributed by atoms with E-state index in [9.17, 15) is 4.79 Å². The van der Waals surface area contributed by atoms with Crippen molar-refractivity contribution in [2.24, 2.45) is 0 Å². The molecule has 0 bridgehead atoms. The maximum atomic E-state index is 11.4. The van der Waals surface area contributed by atoms with Crippen LogP contribution in [0.15, 0.2) is 5.16 Å². The van der Waals surface area contributed by atoms with Crippen LogP contribution in [0.3, 0.4) is 0 Å². The van der Waals surface area contributed by atoms with Gasteiger partial charge in [0.15, 0.2) is 0 Å². The number of amides is 1. The standard InChI is InChI=1S/C7H9N3OS2/c1-5-8-6(9-13-5)12-7(11)10-3-2-4-10/h2-4H2,1H3. The van der Waals surface area contributed by atoms with Gasteiger partial charge in [-0.25, -0.2) is 4.98 Å². The highest BCUT2D eigenvalue weighted by Gasteiger charge is 2.22. The normalized spacial score (nSPS) is 15.6. The molecule has 4 nitrogen and oxygen atoms in total. The van der Waals surface area contributed by atoms with Gasteiger partial charge < -0.3 is 4.90 Å². The molecule has 1 fully saturated rings. The van der Waals surface area contributed by atoms with Crippen LogP contribution in [0.25, 0.3) is 0 Å². The lowest BCUT2D eigenvalue weighted by atomic mass is 10.2. The van der Waals surface area contributed by atoms with E-state index < -0.39 is 0 Å². The van der Waals surface area contributed by atoms with Gasteiger partial charge in [0.25, 0.3) is 5.24 Å². The van der Waals surface area contributed by atoms with E-state index in [0.29, 0.717) is 5.16 Å². The van der Waals surface area contributed by atoms with Crippen LogP contribution in [0.1, 0.15) is 11.4 Å². The Morgan fingerprint density at radius 2 is 2.38 bits per heavy atom. The van der Waals surface area contributed by atoms with Crippen molar-refractivity contribution < 1.29 is 4.79 Å². The molecule has 0 aromatic carbocycles. The molecule has 1 aliphatic rings. The molecule has 1 saturated heterocycles. The van der Waals surface area contributed by atoms with Crippen LogP contribution in [-0.2, 0) is 0 Å². The number of nitrogens with zero attached hydrogens (tertiary/aromatic N) is 3. The minimum absolute atomic E-state index is 0.0732. The number of aromatic nitrogens is 2. The van der Waals surface area contributed by atoms with E-state index in [0.717, 1.165) is 36.3 Å². The van der Waals surface area contributed by atoms with E-state index in [1.807, 2.05) is 6.92 Å². The topological polar surface area (TPSA) is 46.1 Å². The van der Waals surface area contributed by atoms with Crippen molar-refractivity contribution in [1.82, 2.24) is 14.3 Å². The molecule has 0 atom stereocenters. The van der Waals surface area contributed by atoms with Crippen LogP contribution in [0.5, 0.6) is 0 Å².